The summed E-state index contributed by atoms with van der Waals surface area (Å²) in [6.07, 6.45) is -46.0. The van der Waals surface area contributed by atoms with Crippen molar-refractivity contribution < 1.29 is 79.0 Å². The zero-order chi connectivity index (χ0) is 23.3. The van der Waals surface area contributed by atoms with Crippen LogP contribution in [0, 0.1) is 0 Å². The minimum Gasteiger partial charge on any atom is -0.154 e. The van der Waals surface area contributed by atoms with Gasteiger partial charge < -0.3 is 0 Å². The van der Waals surface area contributed by atoms with Crippen molar-refractivity contribution in [1.29, 1.82) is 0 Å². The normalized spacial score (nSPS) is 16.1. The molecule has 0 rings (SSSR count). The fourth-order valence-electron chi connectivity index (χ4n) is 1.33. The fourth-order valence-corrected chi connectivity index (χ4v) is 1.33. The zero-order valence-corrected chi connectivity index (χ0v) is 11.6. The number of halogens is 18. The summed E-state index contributed by atoms with van der Waals surface area (Å²) in [7, 11) is 0. The second kappa shape index (κ2) is 7.12. The van der Waals surface area contributed by atoms with Crippen LogP contribution in [0.15, 0.2) is 0 Å². The van der Waals surface area contributed by atoms with E-state index in [-0.39, 0.29) is 0 Å². The molecule has 0 N–H and O–H groups in total. The van der Waals surface area contributed by atoms with Gasteiger partial charge in [0.25, 0.3) is 0 Å². The van der Waals surface area contributed by atoms with Crippen molar-refractivity contribution >= 4 is 0 Å². The zero-order valence-electron chi connectivity index (χ0n) is 11.6. The summed E-state index contributed by atoms with van der Waals surface area (Å²) >= 11 is 0. The lowest BCUT2D eigenvalue weighted by atomic mass is 10.8. The number of rotatable bonds is 3. The van der Waals surface area contributed by atoms with E-state index in [0.29, 0.717) is 0 Å². The molecule has 0 aliphatic rings. The van der Waals surface area contributed by atoms with Crippen molar-refractivity contribution in [2.45, 2.75) is 37.8 Å². The maximum atomic E-state index is 12.5. The molecule has 0 unspecified atom stereocenters. The van der Waals surface area contributed by atoms with E-state index >= 15 is 0 Å². The van der Waals surface area contributed by atoms with E-state index in [1.807, 2.05) is 0 Å². The number of nitrogens with zero attached hydrogens (tertiary/aromatic N) is 4. The summed E-state index contributed by atoms with van der Waals surface area (Å²) in [5.41, 5.74) is 0. The number of hydrazine groups is 3. The summed E-state index contributed by atoms with van der Waals surface area (Å²) < 4.78 is 223. The van der Waals surface area contributed by atoms with Gasteiger partial charge in [-0.2, -0.15) is 79.0 Å². The number of hydrogen-bond acceptors (Lipinski definition) is 4. The molecule has 0 heterocycles. The van der Waals surface area contributed by atoms with E-state index in [4.69, 9.17) is 0 Å². The Bertz CT molecular complexity index is 439. The topological polar surface area (TPSA) is 13.0 Å². The third-order valence-electron chi connectivity index (χ3n) is 1.97. The van der Waals surface area contributed by atoms with Crippen LogP contribution in [-0.4, -0.2) is 58.1 Å². The van der Waals surface area contributed by atoms with Gasteiger partial charge in [0.2, 0.25) is 0 Å². The first-order valence-corrected chi connectivity index (χ1v) is 5.34. The highest BCUT2D eigenvalue weighted by Gasteiger charge is 2.74. The Balaban J connectivity index is 7.16. The Hall–Kier alpha value is -1.42. The molecule has 0 aliphatic carbocycles. The third kappa shape index (κ3) is 6.30. The Labute approximate surface area is 138 Å². The molecular formula is C6F18N4. The quantitative estimate of drug-likeness (QED) is 0.325. The van der Waals surface area contributed by atoms with Crippen LogP contribution in [0.1, 0.15) is 0 Å². The molecule has 0 radical (unpaired) electrons. The monoisotopic (exact) mass is 470 g/mol. The van der Waals surface area contributed by atoms with Crippen molar-refractivity contribution in [2.75, 3.05) is 0 Å². The van der Waals surface area contributed by atoms with E-state index < -0.39 is 58.1 Å². The first kappa shape index (κ1) is 26.6. The molecule has 0 fully saturated rings. The highest BCUT2D eigenvalue weighted by molar-refractivity contribution is 4.70. The summed E-state index contributed by atoms with van der Waals surface area (Å²) in [5, 5.41) is -17.1. The molecule has 0 saturated heterocycles. The van der Waals surface area contributed by atoms with Crippen LogP contribution < -0.4 is 0 Å². The highest BCUT2D eigenvalue weighted by Crippen LogP contribution is 2.47. The lowest BCUT2D eigenvalue weighted by molar-refractivity contribution is -0.613. The largest absolute Gasteiger partial charge is 0.489 e. The predicted molar refractivity (Wildman–Crippen MR) is 43.7 cm³/mol. The van der Waals surface area contributed by atoms with Gasteiger partial charge >= 0.3 is 37.8 Å². The average molecular weight is 470 g/mol. The van der Waals surface area contributed by atoms with Crippen LogP contribution >= 0.6 is 0 Å². The van der Waals surface area contributed by atoms with E-state index in [2.05, 4.69) is 0 Å². The summed E-state index contributed by atoms with van der Waals surface area (Å²) in [4.78, 5) is 0. The van der Waals surface area contributed by atoms with E-state index in [0.717, 1.165) is 0 Å². The minimum atomic E-state index is -7.77. The van der Waals surface area contributed by atoms with Gasteiger partial charge in [-0.25, -0.2) is 0 Å². The predicted octanol–water partition coefficient (Wildman–Crippen LogP) is 5.06. The van der Waals surface area contributed by atoms with Gasteiger partial charge in [0.15, 0.2) is 0 Å². The maximum absolute atomic E-state index is 12.5. The molecule has 0 aromatic rings. The van der Waals surface area contributed by atoms with Crippen LogP contribution in [0.5, 0.6) is 0 Å². The SMILES string of the molecule is FC(F)(F)N(N(N(C(F)(F)F)C(F)(F)F)C(F)(F)F)N(C(F)(F)F)C(F)(F)F. The highest BCUT2D eigenvalue weighted by atomic mass is 19.4. The van der Waals surface area contributed by atoms with Crippen molar-refractivity contribution in [3.05, 3.63) is 0 Å². The van der Waals surface area contributed by atoms with Crippen LogP contribution in [-0.2, 0) is 0 Å². The van der Waals surface area contributed by atoms with Crippen molar-refractivity contribution in [3.8, 4) is 0 Å². The van der Waals surface area contributed by atoms with Crippen molar-refractivity contribution in [2.24, 2.45) is 0 Å². The number of alkyl halides is 18. The Morgan fingerprint density at radius 2 is 0.393 bits per heavy atom. The molecule has 0 bridgehead atoms. The molecule has 0 aromatic carbocycles. The Morgan fingerprint density at radius 3 is 0.464 bits per heavy atom. The second-order valence-electron chi connectivity index (χ2n) is 4.01. The first-order chi connectivity index (χ1) is 11.7. The molecule has 0 aliphatic heterocycles. The second-order valence-corrected chi connectivity index (χ2v) is 4.01. The fraction of sp³-hybridized carbons (Fsp3) is 1.00. The van der Waals surface area contributed by atoms with Crippen LogP contribution in [0.3, 0.4) is 0 Å². The van der Waals surface area contributed by atoms with Gasteiger partial charge in [0.05, 0.1) is 0 Å². The molecule has 0 saturated carbocycles. The van der Waals surface area contributed by atoms with Gasteiger partial charge in [-0.05, 0) is 20.3 Å². The molecule has 0 spiro atoms. The Kier molecular flexibility index (Phi) is 6.76. The molecule has 170 valence electrons. The molecule has 22 heteroatoms. The van der Waals surface area contributed by atoms with Gasteiger partial charge in [-0.1, -0.05) is 0 Å². The van der Waals surface area contributed by atoms with E-state index in [1.54, 1.807) is 0 Å². The van der Waals surface area contributed by atoms with Gasteiger partial charge in [0.1, 0.15) is 0 Å². The van der Waals surface area contributed by atoms with E-state index in [1.165, 1.54) is 0 Å². The smallest absolute Gasteiger partial charge is 0.154 e. The van der Waals surface area contributed by atoms with E-state index in [9.17, 15) is 79.0 Å². The lowest BCUT2D eigenvalue weighted by Crippen LogP contribution is -2.76. The van der Waals surface area contributed by atoms with Crippen LogP contribution in [0.4, 0.5) is 79.0 Å². The summed E-state index contributed by atoms with van der Waals surface area (Å²) in [6, 6.07) is 0. The maximum Gasteiger partial charge on any atom is 0.489 e. The van der Waals surface area contributed by atoms with Crippen LogP contribution in [0.25, 0.3) is 0 Å². The van der Waals surface area contributed by atoms with Gasteiger partial charge in [-0.3, -0.25) is 0 Å². The van der Waals surface area contributed by atoms with Gasteiger partial charge in [-0.15, -0.1) is 0 Å². The van der Waals surface area contributed by atoms with Crippen molar-refractivity contribution in [1.82, 2.24) is 20.3 Å². The molecule has 28 heavy (non-hydrogen) atoms. The molecule has 0 aromatic heterocycles. The molecule has 0 amide bonds. The first-order valence-electron chi connectivity index (χ1n) is 5.34. The lowest BCUT2D eigenvalue weighted by Gasteiger charge is -2.46. The molecule has 0 atom stereocenters. The molecule has 4 nitrogen and oxygen atoms in total. The van der Waals surface area contributed by atoms with Crippen molar-refractivity contribution in [3.63, 3.8) is 0 Å². The Morgan fingerprint density at radius 1 is 0.250 bits per heavy atom. The number of hydrogen-bond donors (Lipinski definition) is 0. The average Bonchev–Trinajstić information content (AvgIpc) is 2.23. The minimum absolute atomic E-state index is 4.28. The standard InChI is InChI=1S/C6F18N4/c7-1(8,9)25(2(10,11)12)27(5(19,20)21)28(6(22,23)24)26(3(13,14)15)4(16,17)18. The van der Waals surface area contributed by atoms with Gasteiger partial charge in [0, 0.05) is 0 Å². The third-order valence-corrected chi connectivity index (χ3v) is 1.97. The summed E-state index contributed by atoms with van der Waals surface area (Å²) in [6.45, 7) is 0. The van der Waals surface area contributed by atoms with Crippen LogP contribution in [0.2, 0.25) is 0 Å². The summed E-state index contributed by atoms with van der Waals surface area (Å²) in [5.74, 6) is 0. The molecular weight excluding hydrogens is 470 g/mol.